The van der Waals surface area contributed by atoms with Crippen LogP contribution >= 0.6 is 0 Å². The summed E-state index contributed by atoms with van der Waals surface area (Å²) < 4.78 is 17.8. The maximum atomic E-state index is 13.3. The van der Waals surface area contributed by atoms with Crippen LogP contribution in [0, 0.1) is 29.1 Å². The van der Waals surface area contributed by atoms with Crippen LogP contribution in [0.4, 0.5) is 4.79 Å². The SMILES string of the molecule is O=C(OCc1ccccc1)N1CC[C@@]23CCCC[C@@H]2[C@H]1Cc1ccc(OCOC(=O)C24CC5CC(CC(C5)C2)C4)cc13. The van der Waals surface area contributed by atoms with Crippen LogP contribution in [0.15, 0.2) is 48.5 Å². The number of fused-ring (bicyclic) bond motifs is 1. The van der Waals surface area contributed by atoms with Crippen molar-refractivity contribution in [1.29, 1.82) is 0 Å². The number of likely N-dealkylation sites (tertiary alicyclic amines) is 1. The maximum Gasteiger partial charge on any atom is 0.410 e. The second-order valence-corrected chi connectivity index (χ2v) is 14.5. The third-order valence-electron chi connectivity index (χ3n) is 12.1. The highest BCUT2D eigenvalue weighted by molar-refractivity contribution is 5.77. The van der Waals surface area contributed by atoms with Gasteiger partial charge in [0.25, 0.3) is 0 Å². The van der Waals surface area contributed by atoms with Gasteiger partial charge in [-0.25, -0.2) is 4.79 Å². The molecule has 1 heterocycles. The van der Waals surface area contributed by atoms with E-state index in [0.29, 0.717) is 30.3 Å². The van der Waals surface area contributed by atoms with Crippen LogP contribution in [0.2, 0.25) is 0 Å². The minimum atomic E-state index is -0.256. The molecule has 9 rings (SSSR count). The van der Waals surface area contributed by atoms with Crippen molar-refractivity contribution in [2.75, 3.05) is 13.3 Å². The van der Waals surface area contributed by atoms with Crippen LogP contribution in [0.5, 0.6) is 5.75 Å². The lowest BCUT2D eigenvalue weighted by atomic mass is 9.49. The lowest BCUT2D eigenvalue weighted by Gasteiger charge is -2.58. The first-order valence-corrected chi connectivity index (χ1v) is 16.4. The van der Waals surface area contributed by atoms with Crippen LogP contribution < -0.4 is 4.74 Å². The Hall–Kier alpha value is -3.02. The fourth-order valence-electron chi connectivity index (χ4n) is 10.8. The third kappa shape index (κ3) is 4.43. The van der Waals surface area contributed by atoms with E-state index in [2.05, 4.69) is 12.1 Å². The van der Waals surface area contributed by atoms with Crippen molar-refractivity contribution in [3.63, 3.8) is 0 Å². The summed E-state index contributed by atoms with van der Waals surface area (Å²) in [5.74, 6) is 3.34. The Balaban J connectivity index is 0.957. The Morgan fingerprint density at radius 2 is 1.64 bits per heavy atom. The molecule has 1 saturated heterocycles. The fourth-order valence-corrected chi connectivity index (χ4v) is 10.8. The molecule has 6 aliphatic carbocycles. The minimum Gasteiger partial charge on any atom is -0.457 e. The van der Waals surface area contributed by atoms with Gasteiger partial charge in [-0.05, 0) is 117 Å². The monoisotopic (exact) mass is 569 g/mol. The Kier molecular flexibility index (Phi) is 6.53. The number of hydrogen-bond donors (Lipinski definition) is 0. The smallest absolute Gasteiger partial charge is 0.410 e. The average molecular weight is 570 g/mol. The predicted molar refractivity (Wildman–Crippen MR) is 158 cm³/mol. The van der Waals surface area contributed by atoms with Crippen molar-refractivity contribution in [1.82, 2.24) is 4.90 Å². The Morgan fingerprint density at radius 3 is 2.40 bits per heavy atom. The van der Waals surface area contributed by atoms with Crippen molar-refractivity contribution in [3.05, 3.63) is 65.2 Å². The standard InChI is InChI=1S/C36H43NO5/c38-33(35-19-25-14-26(20-35)16-27(15-25)21-35)42-23-41-29-10-9-28-17-32-30-8-4-5-11-36(30,31(28)18-29)12-13-37(32)34(39)40-22-24-6-2-1-3-7-24/h1-3,6-7,9-10,18,25-27,30,32H,4-5,8,11-17,19-23H2/t25?,26?,27?,30-,32-,35?,36+/m1/s1. The fraction of sp³-hybridized carbons (Fsp3) is 0.611. The van der Waals surface area contributed by atoms with E-state index in [4.69, 9.17) is 14.2 Å². The summed E-state index contributed by atoms with van der Waals surface area (Å²) in [5, 5.41) is 0. The third-order valence-corrected chi connectivity index (χ3v) is 12.1. The first kappa shape index (κ1) is 26.6. The van der Waals surface area contributed by atoms with Gasteiger partial charge in [-0.1, -0.05) is 49.2 Å². The molecule has 42 heavy (non-hydrogen) atoms. The van der Waals surface area contributed by atoms with Crippen molar-refractivity contribution in [3.8, 4) is 5.75 Å². The van der Waals surface area contributed by atoms with E-state index in [1.807, 2.05) is 41.3 Å². The highest BCUT2D eigenvalue weighted by Crippen LogP contribution is 2.60. The Morgan fingerprint density at radius 1 is 0.881 bits per heavy atom. The van der Waals surface area contributed by atoms with Crippen LogP contribution in [0.3, 0.4) is 0 Å². The zero-order chi connectivity index (χ0) is 28.3. The van der Waals surface area contributed by atoms with Crippen molar-refractivity contribution < 1.29 is 23.8 Å². The highest BCUT2D eigenvalue weighted by Gasteiger charge is 2.56. The molecule has 1 amide bonds. The molecule has 6 nitrogen and oxygen atoms in total. The number of esters is 1. The molecule has 0 unspecified atom stereocenters. The topological polar surface area (TPSA) is 65.1 Å². The lowest BCUT2D eigenvalue weighted by molar-refractivity contribution is -0.177. The van der Waals surface area contributed by atoms with Gasteiger partial charge in [-0.15, -0.1) is 0 Å². The number of benzene rings is 2. The van der Waals surface area contributed by atoms with Crippen LogP contribution in [0.25, 0.3) is 0 Å². The summed E-state index contributed by atoms with van der Waals surface area (Å²) in [6.45, 7) is 1.02. The van der Waals surface area contributed by atoms with E-state index in [-0.39, 0.29) is 35.7 Å². The normalized spacial score (nSPS) is 35.6. The molecule has 6 bridgehead atoms. The number of amides is 1. The average Bonchev–Trinajstić information content (AvgIpc) is 3.00. The van der Waals surface area contributed by atoms with Gasteiger partial charge in [0.05, 0.1) is 5.41 Å². The number of nitrogens with zero attached hydrogens (tertiary/aromatic N) is 1. The molecule has 0 aromatic heterocycles. The van der Waals surface area contributed by atoms with Crippen LogP contribution in [0.1, 0.15) is 87.3 Å². The molecule has 1 aliphatic heterocycles. The Labute approximate surface area is 249 Å². The molecule has 0 radical (unpaired) electrons. The summed E-state index contributed by atoms with van der Waals surface area (Å²) >= 11 is 0. The van der Waals surface area contributed by atoms with Crippen molar-refractivity contribution >= 4 is 12.1 Å². The van der Waals surface area contributed by atoms with Gasteiger partial charge in [0, 0.05) is 18.0 Å². The Bertz CT molecular complexity index is 1320. The molecule has 6 heteroatoms. The zero-order valence-corrected chi connectivity index (χ0v) is 24.6. The first-order chi connectivity index (χ1) is 20.5. The van der Waals surface area contributed by atoms with Gasteiger partial charge in [0.1, 0.15) is 12.4 Å². The van der Waals surface area contributed by atoms with E-state index in [1.165, 1.54) is 43.2 Å². The molecule has 2 aromatic carbocycles. The molecule has 2 aromatic rings. The van der Waals surface area contributed by atoms with E-state index in [9.17, 15) is 9.59 Å². The van der Waals surface area contributed by atoms with Gasteiger partial charge >= 0.3 is 12.1 Å². The number of carbonyl (C=O) groups excluding carboxylic acids is 2. The molecule has 0 N–H and O–H groups in total. The summed E-state index contributed by atoms with van der Waals surface area (Å²) in [5.41, 5.74) is 3.54. The second-order valence-electron chi connectivity index (χ2n) is 14.5. The highest BCUT2D eigenvalue weighted by atomic mass is 16.7. The summed E-state index contributed by atoms with van der Waals surface area (Å²) in [7, 11) is 0. The molecular formula is C36H43NO5. The number of ether oxygens (including phenoxy) is 3. The molecule has 5 saturated carbocycles. The molecular weight excluding hydrogens is 526 g/mol. The van der Waals surface area contributed by atoms with Crippen molar-refractivity contribution in [2.45, 2.75) is 95.1 Å². The van der Waals surface area contributed by atoms with Crippen LogP contribution in [-0.4, -0.2) is 36.3 Å². The van der Waals surface area contributed by atoms with Gasteiger partial charge in [0.15, 0.2) is 0 Å². The number of piperidine rings is 1. The number of hydrogen-bond acceptors (Lipinski definition) is 5. The predicted octanol–water partition coefficient (Wildman–Crippen LogP) is 7.18. The second kappa shape index (κ2) is 10.3. The number of rotatable bonds is 6. The molecule has 0 spiro atoms. The van der Waals surface area contributed by atoms with E-state index >= 15 is 0 Å². The molecule has 7 aliphatic rings. The molecule has 6 fully saturated rings. The van der Waals surface area contributed by atoms with Gasteiger partial charge in [0.2, 0.25) is 6.79 Å². The lowest BCUT2D eigenvalue weighted by Crippen LogP contribution is -2.62. The van der Waals surface area contributed by atoms with Gasteiger partial charge in [-0.3, -0.25) is 4.79 Å². The maximum absolute atomic E-state index is 13.3. The summed E-state index contributed by atoms with van der Waals surface area (Å²) in [6, 6.07) is 16.5. The van der Waals surface area contributed by atoms with Crippen LogP contribution in [-0.2, 0) is 32.7 Å². The van der Waals surface area contributed by atoms with Gasteiger partial charge < -0.3 is 19.1 Å². The summed E-state index contributed by atoms with van der Waals surface area (Å²) in [4.78, 5) is 28.7. The quantitative estimate of drug-likeness (QED) is 0.272. The largest absolute Gasteiger partial charge is 0.457 e. The summed E-state index contributed by atoms with van der Waals surface area (Å²) in [6.07, 6.45) is 13.3. The van der Waals surface area contributed by atoms with E-state index < -0.39 is 0 Å². The molecule has 222 valence electrons. The van der Waals surface area contributed by atoms with Gasteiger partial charge in [-0.2, -0.15) is 0 Å². The molecule has 3 atom stereocenters. The zero-order valence-electron chi connectivity index (χ0n) is 24.6. The van der Waals surface area contributed by atoms with Crippen molar-refractivity contribution in [2.24, 2.45) is 29.1 Å². The van der Waals surface area contributed by atoms with E-state index in [0.717, 1.165) is 62.8 Å². The first-order valence-electron chi connectivity index (χ1n) is 16.4. The van der Waals surface area contributed by atoms with E-state index in [1.54, 1.807) is 0 Å². The minimum absolute atomic E-state index is 0.0144. The number of carbonyl (C=O) groups is 2.